The Labute approximate surface area is 64.9 Å². The van der Waals surface area contributed by atoms with Gasteiger partial charge in [-0.05, 0) is 6.42 Å². The van der Waals surface area contributed by atoms with Crippen molar-refractivity contribution in [1.82, 2.24) is 5.32 Å². The van der Waals surface area contributed by atoms with Gasteiger partial charge in [-0.25, -0.2) is 0 Å². The Balaban J connectivity index is 2.08. The third kappa shape index (κ3) is 2.57. The smallest absolute Gasteiger partial charge is 0.293 e. The van der Waals surface area contributed by atoms with Crippen LogP contribution in [0.3, 0.4) is 0 Å². The molecule has 4 heteroatoms. The van der Waals surface area contributed by atoms with Crippen LogP contribution >= 0.6 is 0 Å². The SMILES string of the molecule is O=COCCC1CCC(=O)N1. The summed E-state index contributed by atoms with van der Waals surface area (Å²) in [5, 5.41) is 2.78. The van der Waals surface area contributed by atoms with Gasteiger partial charge in [0.15, 0.2) is 0 Å². The van der Waals surface area contributed by atoms with Crippen LogP contribution in [0.15, 0.2) is 0 Å². The Morgan fingerprint density at radius 1 is 1.73 bits per heavy atom. The van der Waals surface area contributed by atoms with Crippen LogP contribution in [0.25, 0.3) is 0 Å². The van der Waals surface area contributed by atoms with Crippen LogP contribution in [-0.2, 0) is 14.3 Å². The van der Waals surface area contributed by atoms with Gasteiger partial charge >= 0.3 is 0 Å². The maximum absolute atomic E-state index is 10.7. The Morgan fingerprint density at radius 2 is 2.55 bits per heavy atom. The lowest BCUT2D eigenvalue weighted by Crippen LogP contribution is -2.26. The molecule has 1 atom stereocenters. The summed E-state index contributed by atoms with van der Waals surface area (Å²) in [5.74, 6) is 0.0982. The van der Waals surface area contributed by atoms with Gasteiger partial charge in [0.05, 0.1) is 6.61 Å². The van der Waals surface area contributed by atoms with Crippen molar-refractivity contribution in [3.63, 3.8) is 0 Å². The minimum Gasteiger partial charge on any atom is -0.468 e. The molecule has 0 radical (unpaired) electrons. The van der Waals surface area contributed by atoms with Gasteiger partial charge in [0.2, 0.25) is 5.91 Å². The van der Waals surface area contributed by atoms with Gasteiger partial charge in [-0.1, -0.05) is 0 Å². The first-order chi connectivity index (χ1) is 5.33. The summed E-state index contributed by atoms with van der Waals surface area (Å²) in [6, 6.07) is 0.211. The van der Waals surface area contributed by atoms with Crippen molar-refractivity contribution in [3.05, 3.63) is 0 Å². The van der Waals surface area contributed by atoms with Crippen LogP contribution in [-0.4, -0.2) is 25.0 Å². The Kier molecular flexibility index (Phi) is 2.89. The largest absolute Gasteiger partial charge is 0.468 e. The summed E-state index contributed by atoms with van der Waals surface area (Å²) < 4.78 is 4.50. The van der Waals surface area contributed by atoms with E-state index >= 15 is 0 Å². The number of ether oxygens (including phenoxy) is 1. The molecule has 1 unspecified atom stereocenters. The average Bonchev–Trinajstić information content (AvgIpc) is 2.37. The summed E-state index contributed by atoms with van der Waals surface area (Å²) in [7, 11) is 0. The van der Waals surface area contributed by atoms with Gasteiger partial charge < -0.3 is 10.1 Å². The standard InChI is InChI=1S/C7H11NO3/c9-5-11-4-3-6-1-2-7(10)8-6/h5-6H,1-4H2,(H,8,10). The molecule has 0 aromatic carbocycles. The molecule has 1 aliphatic rings. The van der Waals surface area contributed by atoms with Gasteiger partial charge in [0.1, 0.15) is 0 Å². The van der Waals surface area contributed by atoms with Crippen LogP contribution in [0.4, 0.5) is 0 Å². The van der Waals surface area contributed by atoms with E-state index < -0.39 is 0 Å². The second-order valence-electron chi connectivity index (χ2n) is 2.56. The van der Waals surface area contributed by atoms with E-state index in [2.05, 4.69) is 10.1 Å². The molecule has 11 heavy (non-hydrogen) atoms. The van der Waals surface area contributed by atoms with Crippen molar-refractivity contribution >= 4 is 12.4 Å². The predicted octanol–water partition coefficient (Wildman–Crippen LogP) is -0.172. The zero-order valence-corrected chi connectivity index (χ0v) is 6.21. The Bertz CT molecular complexity index is 158. The zero-order valence-electron chi connectivity index (χ0n) is 6.21. The average molecular weight is 157 g/mol. The summed E-state index contributed by atoms with van der Waals surface area (Å²) >= 11 is 0. The van der Waals surface area contributed by atoms with E-state index in [1.165, 1.54) is 0 Å². The molecule has 4 nitrogen and oxygen atoms in total. The summed E-state index contributed by atoms with van der Waals surface area (Å²) in [6.07, 6.45) is 2.19. The highest BCUT2D eigenvalue weighted by Crippen LogP contribution is 2.09. The molecule has 1 saturated heterocycles. The topological polar surface area (TPSA) is 55.4 Å². The molecule has 0 aromatic rings. The number of carbonyl (C=O) groups is 2. The minimum absolute atomic E-state index is 0.0982. The van der Waals surface area contributed by atoms with Crippen molar-refractivity contribution in [3.8, 4) is 0 Å². The van der Waals surface area contributed by atoms with Gasteiger partial charge in [-0.3, -0.25) is 9.59 Å². The quantitative estimate of drug-likeness (QED) is 0.455. The number of carbonyl (C=O) groups excluding carboxylic acids is 2. The van der Waals surface area contributed by atoms with E-state index in [9.17, 15) is 9.59 Å². The number of hydrogen-bond donors (Lipinski definition) is 1. The maximum atomic E-state index is 10.7. The maximum Gasteiger partial charge on any atom is 0.293 e. The fourth-order valence-electron chi connectivity index (χ4n) is 1.15. The second kappa shape index (κ2) is 3.95. The fourth-order valence-corrected chi connectivity index (χ4v) is 1.15. The number of nitrogens with one attached hydrogen (secondary N) is 1. The first-order valence-corrected chi connectivity index (χ1v) is 3.67. The van der Waals surface area contributed by atoms with E-state index in [1.807, 2.05) is 0 Å². The van der Waals surface area contributed by atoms with Gasteiger partial charge in [0.25, 0.3) is 6.47 Å². The molecule has 0 saturated carbocycles. The minimum atomic E-state index is 0.0982. The number of hydrogen-bond acceptors (Lipinski definition) is 3. The fraction of sp³-hybridized carbons (Fsp3) is 0.714. The highest BCUT2D eigenvalue weighted by molar-refractivity contribution is 5.78. The summed E-state index contributed by atoms with van der Waals surface area (Å²) in [4.78, 5) is 20.4. The van der Waals surface area contributed by atoms with Crippen LogP contribution in [0.1, 0.15) is 19.3 Å². The van der Waals surface area contributed by atoms with Gasteiger partial charge in [-0.2, -0.15) is 0 Å². The predicted molar refractivity (Wildman–Crippen MR) is 37.8 cm³/mol. The lowest BCUT2D eigenvalue weighted by atomic mass is 10.2. The van der Waals surface area contributed by atoms with Crippen LogP contribution in [0, 0.1) is 0 Å². The molecule has 1 aliphatic heterocycles. The van der Waals surface area contributed by atoms with Crippen LogP contribution in [0.2, 0.25) is 0 Å². The third-order valence-electron chi connectivity index (χ3n) is 1.74. The molecule has 0 aliphatic carbocycles. The van der Waals surface area contributed by atoms with Crippen molar-refractivity contribution in [2.75, 3.05) is 6.61 Å². The molecular formula is C7H11NO3. The van der Waals surface area contributed by atoms with Crippen molar-refractivity contribution in [1.29, 1.82) is 0 Å². The lowest BCUT2D eigenvalue weighted by molar-refractivity contribution is -0.128. The van der Waals surface area contributed by atoms with Crippen molar-refractivity contribution in [2.45, 2.75) is 25.3 Å². The first-order valence-electron chi connectivity index (χ1n) is 3.67. The normalized spacial score (nSPS) is 22.9. The van der Waals surface area contributed by atoms with Gasteiger partial charge in [-0.15, -0.1) is 0 Å². The zero-order chi connectivity index (χ0) is 8.10. The molecule has 1 fully saturated rings. The Hall–Kier alpha value is -1.06. The molecular weight excluding hydrogens is 146 g/mol. The van der Waals surface area contributed by atoms with E-state index in [-0.39, 0.29) is 11.9 Å². The monoisotopic (exact) mass is 157 g/mol. The number of amides is 1. The molecule has 1 heterocycles. The molecule has 0 spiro atoms. The first kappa shape index (κ1) is 8.04. The van der Waals surface area contributed by atoms with E-state index in [1.54, 1.807) is 0 Å². The summed E-state index contributed by atoms with van der Waals surface area (Å²) in [6.45, 7) is 0.825. The molecule has 1 amide bonds. The lowest BCUT2D eigenvalue weighted by Gasteiger charge is -2.07. The van der Waals surface area contributed by atoms with E-state index in [4.69, 9.17) is 0 Å². The summed E-state index contributed by atoms with van der Waals surface area (Å²) in [5.41, 5.74) is 0. The van der Waals surface area contributed by atoms with Crippen molar-refractivity contribution in [2.24, 2.45) is 0 Å². The Morgan fingerprint density at radius 3 is 3.09 bits per heavy atom. The van der Waals surface area contributed by atoms with Crippen LogP contribution < -0.4 is 5.32 Å². The molecule has 1 N–H and O–H groups in total. The molecule has 0 aromatic heterocycles. The highest BCUT2D eigenvalue weighted by Gasteiger charge is 2.19. The molecule has 1 rings (SSSR count). The van der Waals surface area contributed by atoms with E-state index in [0.717, 1.165) is 12.8 Å². The molecule has 62 valence electrons. The molecule has 0 bridgehead atoms. The number of rotatable bonds is 4. The third-order valence-corrected chi connectivity index (χ3v) is 1.74. The van der Waals surface area contributed by atoms with Gasteiger partial charge in [0, 0.05) is 18.9 Å². The second-order valence-corrected chi connectivity index (χ2v) is 2.56. The highest BCUT2D eigenvalue weighted by atomic mass is 16.5. The van der Waals surface area contributed by atoms with E-state index in [0.29, 0.717) is 19.5 Å². The van der Waals surface area contributed by atoms with Crippen LogP contribution in [0.5, 0.6) is 0 Å². The van der Waals surface area contributed by atoms with Crippen molar-refractivity contribution < 1.29 is 14.3 Å².